The molecule has 3 N–H and O–H groups in total. The van der Waals surface area contributed by atoms with Crippen molar-refractivity contribution in [3.63, 3.8) is 0 Å². The molecule has 0 fully saturated rings. The number of aromatic amines is 1. The van der Waals surface area contributed by atoms with E-state index < -0.39 is 35.6 Å². The third-order valence-corrected chi connectivity index (χ3v) is 6.10. The number of H-pyrrole nitrogens is 1. The minimum absolute atomic E-state index is 0.0323. The van der Waals surface area contributed by atoms with Gasteiger partial charge in [0, 0.05) is 22.7 Å². The van der Waals surface area contributed by atoms with Crippen LogP contribution in [0.2, 0.25) is 0 Å². The molecule has 7 nitrogen and oxygen atoms in total. The molecule has 2 aromatic carbocycles. The summed E-state index contributed by atoms with van der Waals surface area (Å²) in [5.74, 6) is -1.39. The maximum atomic E-state index is 13.1. The number of carbonyl (C=O) groups excluding carboxylic acids is 1. The number of aliphatic hydroxyl groups is 1. The van der Waals surface area contributed by atoms with E-state index in [9.17, 15) is 33.1 Å². The average Bonchev–Trinajstić information content (AvgIpc) is 3.18. The Bertz CT molecular complexity index is 1530. The van der Waals surface area contributed by atoms with Crippen molar-refractivity contribution in [2.75, 3.05) is 0 Å². The highest BCUT2D eigenvalue weighted by Crippen LogP contribution is 2.31. The van der Waals surface area contributed by atoms with E-state index in [1.165, 1.54) is 19.9 Å². The van der Waals surface area contributed by atoms with Gasteiger partial charge in [-0.2, -0.15) is 18.4 Å². The van der Waals surface area contributed by atoms with Crippen molar-refractivity contribution in [1.82, 2.24) is 14.9 Å². The Balaban J connectivity index is 1.81. The standard InChI is InChI=1S/C26H23F3N4O3/c1-14(2)23(25(36)26(27,28)29)32-22(35)13-33-12-19-17(10-20(33)15-6-4-3-5-7-15)16-8-9-21(34)18(11-30)24(16)31-19/h3-10,12,14,23,25,31,36H,13H2,1-2H3,(H,32,35). The molecule has 4 aromatic rings. The minimum Gasteiger partial charge on any atom is -0.382 e. The maximum absolute atomic E-state index is 13.1. The predicted molar refractivity (Wildman–Crippen MR) is 129 cm³/mol. The van der Waals surface area contributed by atoms with E-state index in [0.29, 0.717) is 27.5 Å². The number of nitriles is 1. The van der Waals surface area contributed by atoms with Crippen molar-refractivity contribution in [3.8, 4) is 17.3 Å². The van der Waals surface area contributed by atoms with Crippen LogP contribution in [0.5, 0.6) is 0 Å². The van der Waals surface area contributed by atoms with Crippen molar-refractivity contribution in [2.24, 2.45) is 5.92 Å². The van der Waals surface area contributed by atoms with Gasteiger partial charge in [-0.1, -0.05) is 44.2 Å². The molecule has 0 spiro atoms. The Kier molecular flexibility index (Phi) is 6.61. The van der Waals surface area contributed by atoms with Gasteiger partial charge in [0.25, 0.3) is 0 Å². The topological polar surface area (TPSA) is 111 Å². The molecule has 2 heterocycles. The summed E-state index contributed by atoms with van der Waals surface area (Å²) in [4.78, 5) is 28.1. The maximum Gasteiger partial charge on any atom is 0.416 e. The molecule has 186 valence electrons. The molecule has 0 saturated carbocycles. The third kappa shape index (κ3) is 4.70. The Morgan fingerprint density at radius 2 is 1.86 bits per heavy atom. The van der Waals surface area contributed by atoms with Crippen molar-refractivity contribution >= 4 is 27.7 Å². The van der Waals surface area contributed by atoms with E-state index in [0.717, 1.165) is 5.56 Å². The number of nitrogens with one attached hydrogen (secondary N) is 2. The number of hydrogen-bond donors (Lipinski definition) is 3. The Labute approximate surface area is 203 Å². The zero-order valence-electron chi connectivity index (χ0n) is 19.4. The van der Waals surface area contributed by atoms with Gasteiger partial charge < -0.3 is 20.0 Å². The lowest BCUT2D eigenvalue weighted by Gasteiger charge is -2.29. The molecule has 0 radical (unpaired) electrons. The number of pyridine rings is 1. The van der Waals surface area contributed by atoms with Crippen LogP contribution in [0, 0.1) is 17.2 Å². The number of aliphatic hydroxyl groups excluding tert-OH is 1. The molecule has 2 aromatic heterocycles. The van der Waals surface area contributed by atoms with E-state index in [-0.39, 0.29) is 12.1 Å². The van der Waals surface area contributed by atoms with Crippen LogP contribution in [0.4, 0.5) is 13.2 Å². The summed E-state index contributed by atoms with van der Waals surface area (Å²) >= 11 is 0. The summed E-state index contributed by atoms with van der Waals surface area (Å²) < 4.78 is 41.0. The largest absolute Gasteiger partial charge is 0.416 e. The summed E-state index contributed by atoms with van der Waals surface area (Å²) in [6, 6.07) is 14.2. The van der Waals surface area contributed by atoms with Crippen molar-refractivity contribution < 1.29 is 23.1 Å². The monoisotopic (exact) mass is 496 g/mol. The molecule has 0 aliphatic heterocycles. The molecule has 10 heteroatoms. The minimum atomic E-state index is -4.88. The van der Waals surface area contributed by atoms with Crippen molar-refractivity contribution in [2.45, 2.75) is 38.7 Å². The summed E-state index contributed by atoms with van der Waals surface area (Å²) in [6.07, 6.45) is -5.97. The van der Waals surface area contributed by atoms with Crippen LogP contribution in [0.3, 0.4) is 0 Å². The second-order valence-electron chi connectivity index (χ2n) is 8.90. The second kappa shape index (κ2) is 9.51. The first-order valence-corrected chi connectivity index (χ1v) is 11.2. The molecule has 36 heavy (non-hydrogen) atoms. The van der Waals surface area contributed by atoms with Crippen LogP contribution < -0.4 is 10.7 Å². The fraction of sp³-hybridized carbons (Fsp3) is 0.269. The molecule has 0 aliphatic carbocycles. The summed E-state index contributed by atoms with van der Waals surface area (Å²) in [5, 5.41) is 22.9. The molecule has 0 bridgehead atoms. The molecule has 2 atom stereocenters. The van der Waals surface area contributed by atoms with E-state index in [1.54, 1.807) is 22.9 Å². The van der Waals surface area contributed by atoms with Gasteiger partial charge >= 0.3 is 6.18 Å². The Morgan fingerprint density at radius 3 is 2.47 bits per heavy atom. The normalized spacial score (nSPS) is 13.6. The molecule has 2 unspecified atom stereocenters. The molecular formula is C26H23F3N4O3. The van der Waals surface area contributed by atoms with Crippen molar-refractivity contribution in [3.05, 3.63) is 70.5 Å². The number of benzene rings is 2. The fourth-order valence-corrected chi connectivity index (χ4v) is 4.29. The summed E-state index contributed by atoms with van der Waals surface area (Å²) in [5.41, 5.74) is 1.80. The Morgan fingerprint density at radius 1 is 1.17 bits per heavy atom. The number of aromatic nitrogens is 2. The quantitative estimate of drug-likeness (QED) is 0.373. The molecule has 1 amide bonds. The lowest BCUT2D eigenvalue weighted by Crippen LogP contribution is -2.53. The zero-order valence-corrected chi connectivity index (χ0v) is 19.4. The molecule has 0 aliphatic rings. The van der Waals surface area contributed by atoms with Crippen LogP contribution in [0.1, 0.15) is 19.4 Å². The van der Waals surface area contributed by atoms with Crippen LogP contribution in [-0.2, 0) is 11.3 Å². The lowest BCUT2D eigenvalue weighted by atomic mass is 9.98. The van der Waals surface area contributed by atoms with Gasteiger partial charge in [0.15, 0.2) is 11.5 Å². The number of hydrogen-bond acceptors (Lipinski definition) is 4. The first-order chi connectivity index (χ1) is 17.0. The van der Waals surface area contributed by atoms with Crippen LogP contribution in [-0.4, -0.2) is 38.9 Å². The number of amides is 1. The zero-order chi connectivity index (χ0) is 26.2. The highest BCUT2D eigenvalue weighted by molar-refractivity contribution is 6.09. The van der Waals surface area contributed by atoms with Crippen molar-refractivity contribution in [1.29, 1.82) is 5.26 Å². The first-order valence-electron chi connectivity index (χ1n) is 11.2. The van der Waals surface area contributed by atoms with E-state index >= 15 is 0 Å². The van der Waals surface area contributed by atoms with E-state index in [2.05, 4.69) is 10.3 Å². The predicted octanol–water partition coefficient (Wildman–Crippen LogP) is 4.09. The second-order valence-corrected chi connectivity index (χ2v) is 8.90. The third-order valence-electron chi connectivity index (χ3n) is 6.10. The van der Waals surface area contributed by atoms with Gasteiger partial charge in [0.1, 0.15) is 18.2 Å². The number of rotatable bonds is 6. The SMILES string of the molecule is CC(C)C(NC(=O)Cn1cc2[nH]c3c(C#N)c(=O)ccc3c2cc1-c1ccccc1)C(O)C(F)(F)F. The van der Waals surface area contributed by atoms with Gasteiger partial charge in [-0.05, 0) is 29.7 Å². The van der Waals surface area contributed by atoms with Gasteiger partial charge in [-0.15, -0.1) is 0 Å². The first kappa shape index (κ1) is 25.0. The summed E-state index contributed by atoms with van der Waals surface area (Å²) in [6.45, 7) is 2.63. The number of carbonyl (C=O) groups is 1. The summed E-state index contributed by atoms with van der Waals surface area (Å²) in [7, 11) is 0. The molecular weight excluding hydrogens is 473 g/mol. The fourth-order valence-electron chi connectivity index (χ4n) is 4.29. The van der Waals surface area contributed by atoms with Gasteiger partial charge in [0.05, 0.1) is 17.1 Å². The number of halogens is 3. The highest BCUT2D eigenvalue weighted by atomic mass is 19.4. The smallest absolute Gasteiger partial charge is 0.382 e. The number of nitrogens with zero attached hydrogens (tertiary/aromatic N) is 2. The average molecular weight is 496 g/mol. The molecule has 4 rings (SSSR count). The van der Waals surface area contributed by atoms with E-state index in [1.807, 2.05) is 36.4 Å². The Hall–Kier alpha value is -4.10. The number of fused-ring (bicyclic) bond motifs is 3. The van der Waals surface area contributed by atoms with Gasteiger partial charge in [-0.25, -0.2) is 0 Å². The van der Waals surface area contributed by atoms with Gasteiger partial charge in [-0.3, -0.25) is 9.59 Å². The number of alkyl halides is 3. The van der Waals surface area contributed by atoms with Crippen LogP contribution in [0.15, 0.2) is 59.5 Å². The highest BCUT2D eigenvalue weighted by Gasteiger charge is 2.45. The lowest BCUT2D eigenvalue weighted by molar-refractivity contribution is -0.215. The van der Waals surface area contributed by atoms with Crippen LogP contribution >= 0.6 is 0 Å². The van der Waals surface area contributed by atoms with Crippen LogP contribution in [0.25, 0.3) is 33.1 Å². The van der Waals surface area contributed by atoms with Gasteiger partial charge in [0.2, 0.25) is 5.91 Å². The molecule has 0 saturated heterocycles. The van der Waals surface area contributed by atoms with E-state index in [4.69, 9.17) is 0 Å².